The number of hydrogen-bond donors (Lipinski definition) is 1. The van der Waals surface area contributed by atoms with Gasteiger partial charge >= 0.3 is 0 Å². The first kappa shape index (κ1) is 24.2. The van der Waals surface area contributed by atoms with Crippen molar-refractivity contribution in [1.82, 2.24) is 4.98 Å². The Morgan fingerprint density at radius 3 is 2.34 bits per heavy atom. The summed E-state index contributed by atoms with van der Waals surface area (Å²) in [6, 6.07) is 20.0. The Hall–Kier alpha value is -3.89. The Labute approximate surface area is 207 Å². The fraction of sp³-hybridized carbons (Fsp3) is 0.120. The van der Waals surface area contributed by atoms with Crippen LogP contribution in [0.1, 0.15) is 10.4 Å². The minimum absolute atomic E-state index is 0.0866. The number of rotatable bonds is 8. The second-order valence-corrected chi connectivity index (χ2v) is 10.2. The molecule has 3 aromatic carbocycles. The second-order valence-electron chi connectivity index (χ2n) is 7.39. The maximum Gasteiger partial charge on any atom is 0.264 e. The number of aromatic nitrogens is 1. The number of carbonyl (C=O) groups excluding carboxylic acids is 1. The molecule has 0 atom stereocenters. The van der Waals surface area contributed by atoms with Gasteiger partial charge in [0.2, 0.25) is 0 Å². The Morgan fingerprint density at radius 2 is 1.69 bits per heavy atom. The van der Waals surface area contributed by atoms with Crippen molar-refractivity contribution in [2.75, 3.05) is 30.9 Å². The predicted octanol–water partition coefficient (Wildman–Crippen LogP) is 4.90. The quantitative estimate of drug-likeness (QED) is 0.363. The third kappa shape index (κ3) is 5.13. The Morgan fingerprint density at radius 1 is 0.971 bits per heavy atom. The fourth-order valence-corrected chi connectivity index (χ4v) is 5.25. The van der Waals surface area contributed by atoms with Gasteiger partial charge < -0.3 is 9.47 Å². The van der Waals surface area contributed by atoms with E-state index in [0.29, 0.717) is 33.6 Å². The molecule has 0 bridgehead atoms. The van der Waals surface area contributed by atoms with Crippen LogP contribution >= 0.6 is 11.3 Å². The monoisotopic (exact) mass is 509 g/mol. The summed E-state index contributed by atoms with van der Waals surface area (Å²) in [4.78, 5) is 17.3. The Bertz CT molecular complexity index is 1440. The molecule has 0 aliphatic rings. The number of ether oxygens (including phenoxy) is 2. The molecule has 0 unspecified atom stereocenters. The normalized spacial score (nSPS) is 11.1. The molecule has 0 aliphatic heterocycles. The zero-order valence-electron chi connectivity index (χ0n) is 19.3. The lowest BCUT2D eigenvalue weighted by Crippen LogP contribution is -2.26. The third-order valence-corrected chi connectivity index (χ3v) is 7.86. The van der Waals surface area contributed by atoms with Crippen LogP contribution in [0.4, 0.5) is 10.8 Å². The molecule has 1 aromatic heterocycles. The van der Waals surface area contributed by atoms with Crippen LogP contribution in [0.3, 0.4) is 0 Å². The maximum absolute atomic E-state index is 12.9. The van der Waals surface area contributed by atoms with Gasteiger partial charge in [-0.25, -0.2) is 13.4 Å². The van der Waals surface area contributed by atoms with Gasteiger partial charge in [-0.2, -0.15) is 0 Å². The molecule has 1 heterocycles. The summed E-state index contributed by atoms with van der Waals surface area (Å²) in [5.41, 5.74) is 2.27. The summed E-state index contributed by atoms with van der Waals surface area (Å²) in [5.74, 6) is 0.868. The number of carbonyl (C=O) groups is 1. The number of methoxy groups -OCH3 is 2. The number of para-hydroxylation sites is 1. The molecule has 1 amide bonds. The smallest absolute Gasteiger partial charge is 0.264 e. The molecular formula is C25H23N3O5S2. The van der Waals surface area contributed by atoms with Gasteiger partial charge in [-0.3, -0.25) is 14.4 Å². The lowest BCUT2D eigenvalue weighted by molar-refractivity contribution is 0.102. The summed E-state index contributed by atoms with van der Waals surface area (Å²) in [7, 11) is 0.869. The van der Waals surface area contributed by atoms with Gasteiger partial charge in [0.15, 0.2) is 5.13 Å². The largest absolute Gasteiger partial charge is 0.497 e. The summed E-state index contributed by atoms with van der Waals surface area (Å²) in [5, 5.41) is 4.98. The maximum atomic E-state index is 12.9. The van der Waals surface area contributed by atoms with Gasteiger partial charge in [0.05, 0.1) is 30.5 Å². The summed E-state index contributed by atoms with van der Waals surface area (Å²) in [6.07, 6.45) is 0. The van der Waals surface area contributed by atoms with E-state index < -0.39 is 15.9 Å². The number of hydrogen-bond acceptors (Lipinski definition) is 7. The molecule has 180 valence electrons. The van der Waals surface area contributed by atoms with Crippen molar-refractivity contribution >= 4 is 38.1 Å². The highest BCUT2D eigenvalue weighted by atomic mass is 32.2. The first-order valence-corrected chi connectivity index (χ1v) is 12.8. The molecule has 0 saturated heterocycles. The van der Waals surface area contributed by atoms with Crippen LogP contribution in [-0.2, 0) is 10.0 Å². The highest BCUT2D eigenvalue weighted by Gasteiger charge is 2.22. The van der Waals surface area contributed by atoms with Crippen LogP contribution in [0.5, 0.6) is 11.5 Å². The van der Waals surface area contributed by atoms with E-state index in [1.165, 1.54) is 47.0 Å². The van der Waals surface area contributed by atoms with Crippen molar-refractivity contribution in [3.63, 3.8) is 0 Å². The summed E-state index contributed by atoms with van der Waals surface area (Å²) < 4.78 is 37.7. The molecule has 0 saturated carbocycles. The third-order valence-electron chi connectivity index (χ3n) is 5.30. The van der Waals surface area contributed by atoms with E-state index in [4.69, 9.17) is 9.47 Å². The lowest BCUT2D eigenvalue weighted by Gasteiger charge is -2.19. The lowest BCUT2D eigenvalue weighted by atomic mass is 10.1. The zero-order chi connectivity index (χ0) is 25.0. The molecule has 35 heavy (non-hydrogen) atoms. The molecule has 0 radical (unpaired) electrons. The molecule has 0 fully saturated rings. The van der Waals surface area contributed by atoms with E-state index in [2.05, 4.69) is 10.3 Å². The number of nitrogens with one attached hydrogen (secondary N) is 1. The topological polar surface area (TPSA) is 97.8 Å². The number of nitrogens with zero attached hydrogens (tertiary/aromatic N) is 2. The predicted molar refractivity (Wildman–Crippen MR) is 137 cm³/mol. The second kappa shape index (κ2) is 10.2. The van der Waals surface area contributed by atoms with E-state index in [1.807, 2.05) is 17.5 Å². The molecule has 1 N–H and O–H groups in total. The molecule has 8 nitrogen and oxygen atoms in total. The van der Waals surface area contributed by atoms with Crippen molar-refractivity contribution in [2.24, 2.45) is 0 Å². The minimum atomic E-state index is -3.76. The van der Waals surface area contributed by atoms with E-state index in [0.717, 1.165) is 5.56 Å². The molecule has 0 spiro atoms. The van der Waals surface area contributed by atoms with Gasteiger partial charge in [0.1, 0.15) is 11.5 Å². The van der Waals surface area contributed by atoms with E-state index in [-0.39, 0.29) is 4.90 Å². The minimum Gasteiger partial charge on any atom is -0.497 e. The highest BCUT2D eigenvalue weighted by molar-refractivity contribution is 7.92. The van der Waals surface area contributed by atoms with Crippen LogP contribution in [-0.4, -0.2) is 40.6 Å². The number of sulfonamides is 1. The van der Waals surface area contributed by atoms with Gasteiger partial charge in [0, 0.05) is 29.6 Å². The average Bonchev–Trinajstić information content (AvgIpc) is 3.36. The van der Waals surface area contributed by atoms with E-state index >= 15 is 0 Å². The van der Waals surface area contributed by atoms with Crippen molar-refractivity contribution < 1.29 is 22.7 Å². The Kier molecular flexibility index (Phi) is 7.04. The van der Waals surface area contributed by atoms with Crippen LogP contribution < -0.4 is 19.1 Å². The van der Waals surface area contributed by atoms with Crippen LogP contribution in [0.15, 0.2) is 83.1 Å². The van der Waals surface area contributed by atoms with Crippen molar-refractivity contribution in [3.05, 3.63) is 83.7 Å². The van der Waals surface area contributed by atoms with Gasteiger partial charge in [-0.05, 0) is 48.5 Å². The average molecular weight is 510 g/mol. The first-order chi connectivity index (χ1) is 16.8. The molecule has 0 aliphatic carbocycles. The van der Waals surface area contributed by atoms with Crippen molar-refractivity contribution in [2.45, 2.75) is 4.90 Å². The van der Waals surface area contributed by atoms with Crippen LogP contribution in [0.2, 0.25) is 0 Å². The van der Waals surface area contributed by atoms with Crippen LogP contribution in [0, 0.1) is 0 Å². The summed E-state index contributed by atoms with van der Waals surface area (Å²) >= 11 is 1.27. The first-order valence-electron chi connectivity index (χ1n) is 10.5. The number of thiazole rings is 1. The van der Waals surface area contributed by atoms with Gasteiger partial charge in [-0.1, -0.05) is 18.2 Å². The van der Waals surface area contributed by atoms with Crippen molar-refractivity contribution in [1.29, 1.82) is 0 Å². The molecule has 4 aromatic rings. The standard InChI is InChI=1S/C25H23N3O5S2/c1-28(18-7-5-4-6-8-18)35(30,31)20-12-9-17(10-13-20)24(29)27-25-26-22(16-34-25)21-14-11-19(32-2)15-23(21)33-3/h4-16H,1-3H3,(H,26,27,29). The molecular weight excluding hydrogens is 486 g/mol. The van der Waals surface area contributed by atoms with E-state index in [9.17, 15) is 13.2 Å². The highest BCUT2D eigenvalue weighted by Crippen LogP contribution is 2.35. The molecule has 10 heteroatoms. The Balaban J connectivity index is 1.49. The van der Waals surface area contributed by atoms with Crippen molar-refractivity contribution in [3.8, 4) is 22.8 Å². The van der Waals surface area contributed by atoms with Gasteiger partial charge in [-0.15, -0.1) is 11.3 Å². The van der Waals surface area contributed by atoms with Gasteiger partial charge in [0.25, 0.3) is 15.9 Å². The summed E-state index contributed by atoms with van der Waals surface area (Å²) in [6.45, 7) is 0. The van der Waals surface area contributed by atoms with Crippen LogP contribution in [0.25, 0.3) is 11.3 Å². The number of amides is 1. The fourth-order valence-electron chi connectivity index (χ4n) is 3.35. The number of benzene rings is 3. The van der Waals surface area contributed by atoms with E-state index in [1.54, 1.807) is 50.6 Å². The SMILES string of the molecule is COc1ccc(-c2csc(NC(=O)c3ccc(S(=O)(=O)N(C)c4ccccc4)cc3)n2)c(OC)c1. The number of anilines is 2. The molecule has 4 rings (SSSR count). The zero-order valence-corrected chi connectivity index (χ0v) is 20.9.